The molecule has 0 saturated heterocycles. The molecule has 0 aliphatic heterocycles. The van der Waals surface area contributed by atoms with Crippen molar-refractivity contribution in [2.24, 2.45) is 12.0 Å². The molecule has 150 valence electrons. The number of hydrogen-bond donors (Lipinski definition) is 2. The number of alkyl halides is 3. The Balaban J connectivity index is 0.00000364. The van der Waals surface area contributed by atoms with Crippen LogP contribution in [0.5, 0.6) is 0 Å². The topological polar surface area (TPSA) is 54.2 Å². The molecule has 11 heteroatoms. The Kier molecular flexibility index (Phi) is 8.68. The summed E-state index contributed by atoms with van der Waals surface area (Å²) in [6.45, 7) is 1.80. The first-order valence-corrected chi connectivity index (χ1v) is 8.39. The van der Waals surface area contributed by atoms with Crippen LogP contribution in [-0.4, -0.2) is 22.8 Å². The van der Waals surface area contributed by atoms with E-state index in [1.165, 1.54) is 20.3 Å². The highest BCUT2D eigenvalue weighted by atomic mass is 127. The van der Waals surface area contributed by atoms with E-state index < -0.39 is 11.9 Å². The van der Waals surface area contributed by atoms with E-state index in [2.05, 4.69) is 20.7 Å². The molecule has 1 unspecified atom stereocenters. The quantitative estimate of drug-likeness (QED) is 0.336. The summed E-state index contributed by atoms with van der Waals surface area (Å²) in [5, 5.41) is 10.3. The fourth-order valence-electron chi connectivity index (χ4n) is 2.35. The van der Waals surface area contributed by atoms with Gasteiger partial charge < -0.3 is 10.6 Å². The molecule has 1 aromatic heterocycles. The monoisotopic (exact) mass is 535 g/mol. The molecule has 5 nitrogen and oxygen atoms in total. The van der Waals surface area contributed by atoms with Crippen LogP contribution < -0.4 is 10.6 Å². The Morgan fingerprint density at radius 1 is 1.30 bits per heavy atom. The molecule has 2 rings (SSSR count). The van der Waals surface area contributed by atoms with Crippen molar-refractivity contribution in [1.29, 1.82) is 0 Å². The minimum absolute atomic E-state index is 0. The van der Waals surface area contributed by atoms with Crippen molar-refractivity contribution in [1.82, 2.24) is 20.4 Å². The number of benzene rings is 1. The molecule has 0 saturated carbocycles. The van der Waals surface area contributed by atoms with Gasteiger partial charge in [0.05, 0.1) is 16.1 Å². The van der Waals surface area contributed by atoms with Crippen LogP contribution >= 0.6 is 47.2 Å². The van der Waals surface area contributed by atoms with Gasteiger partial charge in [0.1, 0.15) is 0 Å². The van der Waals surface area contributed by atoms with Gasteiger partial charge in [-0.15, -0.1) is 24.0 Å². The second kappa shape index (κ2) is 9.83. The molecule has 0 spiro atoms. The van der Waals surface area contributed by atoms with Crippen molar-refractivity contribution in [3.05, 3.63) is 51.3 Å². The number of halogens is 6. The molecule has 1 atom stereocenters. The number of aryl methyl sites for hydroxylation is 1. The van der Waals surface area contributed by atoms with Gasteiger partial charge in [0.2, 0.25) is 0 Å². The van der Waals surface area contributed by atoms with Crippen molar-refractivity contribution >= 4 is 53.1 Å². The Morgan fingerprint density at radius 3 is 2.52 bits per heavy atom. The smallest absolute Gasteiger partial charge is 0.352 e. The van der Waals surface area contributed by atoms with E-state index >= 15 is 0 Å². The van der Waals surface area contributed by atoms with E-state index in [0.29, 0.717) is 16.0 Å². The lowest BCUT2D eigenvalue weighted by molar-refractivity contribution is -0.142. The molecular formula is C16H19Cl2F3IN5. The van der Waals surface area contributed by atoms with E-state index in [1.54, 1.807) is 12.1 Å². The molecule has 0 bridgehead atoms. The molecule has 0 fully saturated rings. The summed E-state index contributed by atoms with van der Waals surface area (Å²) in [4.78, 5) is 4.03. The van der Waals surface area contributed by atoms with Gasteiger partial charge in [0.15, 0.2) is 11.7 Å². The molecule has 1 aromatic carbocycles. The molecule has 0 amide bonds. The highest BCUT2D eigenvalue weighted by Gasteiger charge is 2.36. The first-order chi connectivity index (χ1) is 12.1. The maximum Gasteiger partial charge on any atom is 0.435 e. The van der Waals surface area contributed by atoms with E-state index in [4.69, 9.17) is 23.2 Å². The molecule has 0 radical (unpaired) electrons. The Labute approximate surface area is 182 Å². The van der Waals surface area contributed by atoms with Gasteiger partial charge in [-0.2, -0.15) is 18.3 Å². The van der Waals surface area contributed by atoms with Crippen LogP contribution in [0.3, 0.4) is 0 Å². The van der Waals surface area contributed by atoms with Gasteiger partial charge in [0, 0.05) is 32.4 Å². The lowest BCUT2D eigenvalue weighted by atomic mass is 10.1. The van der Waals surface area contributed by atoms with Gasteiger partial charge in [0.25, 0.3) is 0 Å². The molecule has 2 N–H and O–H groups in total. The summed E-state index contributed by atoms with van der Waals surface area (Å²) in [6, 6.07) is 5.02. The molecule has 2 aromatic rings. The maximum atomic E-state index is 13.0. The van der Waals surface area contributed by atoms with Gasteiger partial charge in [-0.3, -0.25) is 9.67 Å². The summed E-state index contributed by atoms with van der Waals surface area (Å²) < 4.78 is 40.1. The number of aliphatic imine (C=N–C) groups is 1. The Hall–Kier alpha value is -1.20. The zero-order chi connectivity index (χ0) is 19.5. The predicted molar refractivity (Wildman–Crippen MR) is 112 cm³/mol. The number of hydrogen-bond acceptors (Lipinski definition) is 2. The summed E-state index contributed by atoms with van der Waals surface area (Å²) >= 11 is 11.9. The molecule has 27 heavy (non-hydrogen) atoms. The first-order valence-electron chi connectivity index (χ1n) is 7.63. The average Bonchev–Trinajstić information content (AvgIpc) is 2.95. The average molecular weight is 536 g/mol. The Bertz CT molecular complexity index is 808. The van der Waals surface area contributed by atoms with Gasteiger partial charge in [-0.25, -0.2) is 0 Å². The minimum Gasteiger partial charge on any atom is -0.352 e. The predicted octanol–water partition coefficient (Wildman–Crippen LogP) is 4.79. The van der Waals surface area contributed by atoms with E-state index in [0.717, 1.165) is 10.2 Å². The summed E-state index contributed by atoms with van der Waals surface area (Å²) in [5.41, 5.74) is -0.0228. The highest BCUT2D eigenvalue weighted by molar-refractivity contribution is 14.0. The number of rotatable bonds is 4. The van der Waals surface area contributed by atoms with E-state index in [-0.39, 0.29) is 42.1 Å². The van der Waals surface area contributed by atoms with Crippen molar-refractivity contribution in [2.45, 2.75) is 25.7 Å². The fraction of sp³-hybridized carbons (Fsp3) is 0.375. The minimum atomic E-state index is -4.51. The lowest BCUT2D eigenvalue weighted by Gasteiger charge is -2.19. The fourth-order valence-corrected chi connectivity index (χ4v) is 2.66. The van der Waals surface area contributed by atoms with Crippen LogP contribution in [0, 0.1) is 0 Å². The lowest BCUT2D eigenvalue weighted by Crippen LogP contribution is -2.38. The third-order valence-corrected chi connectivity index (χ3v) is 4.38. The largest absolute Gasteiger partial charge is 0.435 e. The van der Waals surface area contributed by atoms with Crippen LogP contribution in [0.25, 0.3) is 0 Å². The second-order valence-electron chi connectivity index (χ2n) is 5.64. The SMILES string of the molecule is CN=C(NCc1cn(C)nc1C(F)(F)F)NC(C)c1ccc(Cl)c(Cl)c1.I. The van der Waals surface area contributed by atoms with Crippen molar-refractivity contribution in [3.63, 3.8) is 0 Å². The summed E-state index contributed by atoms with van der Waals surface area (Å²) in [7, 11) is 2.98. The highest BCUT2D eigenvalue weighted by Crippen LogP contribution is 2.30. The van der Waals surface area contributed by atoms with Crippen molar-refractivity contribution < 1.29 is 13.2 Å². The zero-order valence-electron chi connectivity index (χ0n) is 14.7. The van der Waals surface area contributed by atoms with Crippen molar-refractivity contribution in [3.8, 4) is 0 Å². The third-order valence-electron chi connectivity index (χ3n) is 3.64. The standard InChI is InChI=1S/C16H18Cl2F3N5.HI/c1-9(10-4-5-12(17)13(18)6-10)24-15(22-2)23-7-11-8-26(3)25-14(11)16(19,20)21;/h4-6,8-9H,7H2,1-3H3,(H2,22,23,24);1H. The summed E-state index contributed by atoms with van der Waals surface area (Å²) in [6.07, 6.45) is -3.19. The van der Waals surface area contributed by atoms with E-state index in [1.807, 2.05) is 13.0 Å². The number of nitrogens with one attached hydrogen (secondary N) is 2. The van der Waals surface area contributed by atoms with Crippen LogP contribution in [0.2, 0.25) is 10.0 Å². The third kappa shape index (κ3) is 6.42. The van der Waals surface area contributed by atoms with E-state index in [9.17, 15) is 13.2 Å². The summed E-state index contributed by atoms with van der Waals surface area (Å²) in [5.74, 6) is 0.348. The zero-order valence-corrected chi connectivity index (χ0v) is 18.6. The van der Waals surface area contributed by atoms with Crippen LogP contribution in [-0.2, 0) is 19.8 Å². The molecular weight excluding hydrogens is 517 g/mol. The molecule has 1 heterocycles. The van der Waals surface area contributed by atoms with Gasteiger partial charge in [-0.1, -0.05) is 29.3 Å². The van der Waals surface area contributed by atoms with Gasteiger partial charge in [-0.05, 0) is 24.6 Å². The molecule has 0 aliphatic carbocycles. The normalized spacial score (nSPS) is 13.1. The van der Waals surface area contributed by atoms with Crippen molar-refractivity contribution in [2.75, 3.05) is 7.05 Å². The van der Waals surface area contributed by atoms with Crippen LogP contribution in [0.1, 0.15) is 29.8 Å². The van der Waals surface area contributed by atoms with Gasteiger partial charge >= 0.3 is 6.18 Å². The Morgan fingerprint density at radius 2 is 1.96 bits per heavy atom. The maximum absolute atomic E-state index is 13.0. The van der Waals surface area contributed by atoms with Crippen LogP contribution in [0.4, 0.5) is 13.2 Å². The van der Waals surface area contributed by atoms with Crippen LogP contribution in [0.15, 0.2) is 29.4 Å². The number of aromatic nitrogens is 2. The molecule has 0 aliphatic rings. The first kappa shape index (κ1) is 23.8. The number of nitrogens with zero attached hydrogens (tertiary/aromatic N) is 3. The number of guanidine groups is 1. The second-order valence-corrected chi connectivity index (χ2v) is 6.45.